The van der Waals surface area contributed by atoms with Crippen molar-refractivity contribution in [1.82, 2.24) is 10.2 Å². The normalized spacial score (nSPS) is 11.2. The van der Waals surface area contributed by atoms with Crippen LogP contribution in [0.4, 0.5) is 0 Å². The van der Waals surface area contributed by atoms with E-state index in [1.54, 1.807) is 0 Å². The van der Waals surface area contributed by atoms with Gasteiger partial charge in [0, 0.05) is 31.5 Å². The summed E-state index contributed by atoms with van der Waals surface area (Å²) in [4.78, 5) is 25.2. The summed E-state index contributed by atoms with van der Waals surface area (Å²) in [6.45, 7) is 11.5. The van der Waals surface area contributed by atoms with Crippen molar-refractivity contribution in [2.45, 2.75) is 72.3 Å². The Balaban J connectivity index is 3.66. The number of rotatable bonds is 8. The van der Waals surface area contributed by atoms with Gasteiger partial charge in [-0.25, -0.2) is 0 Å². The Morgan fingerprint density at radius 1 is 0.947 bits per heavy atom. The predicted octanol–water partition coefficient (Wildman–Crippen LogP) is 2.72. The molecule has 1 N–H and O–H groups in total. The van der Waals surface area contributed by atoms with Crippen molar-refractivity contribution in [2.24, 2.45) is 0 Å². The van der Waals surface area contributed by atoms with Gasteiger partial charge in [-0.15, -0.1) is 0 Å². The zero-order valence-corrected chi connectivity index (χ0v) is 13.2. The first-order valence-corrected chi connectivity index (χ1v) is 7.39. The van der Waals surface area contributed by atoms with Crippen LogP contribution < -0.4 is 5.32 Å². The summed E-state index contributed by atoms with van der Waals surface area (Å²) < 4.78 is 0. The molecule has 0 fully saturated rings. The average Bonchev–Trinajstić information content (AvgIpc) is 2.27. The second-order valence-electron chi connectivity index (χ2n) is 5.92. The number of carbonyl (C=O) groups is 2. The van der Waals surface area contributed by atoms with E-state index in [0.717, 1.165) is 32.4 Å². The Morgan fingerprint density at radius 3 is 1.95 bits per heavy atom. The van der Waals surface area contributed by atoms with E-state index < -0.39 is 0 Å². The van der Waals surface area contributed by atoms with E-state index in [0.29, 0.717) is 12.8 Å². The van der Waals surface area contributed by atoms with Gasteiger partial charge in [0.25, 0.3) is 0 Å². The third-order valence-corrected chi connectivity index (χ3v) is 2.93. The molecule has 0 saturated carbocycles. The molecule has 0 heterocycles. The average molecular weight is 270 g/mol. The van der Waals surface area contributed by atoms with E-state index >= 15 is 0 Å². The van der Waals surface area contributed by atoms with Crippen LogP contribution >= 0.6 is 0 Å². The Morgan fingerprint density at radius 2 is 1.47 bits per heavy atom. The standard InChI is InChI=1S/C15H30N2O2/c1-6-17(7-2)14(19)12-10-8-9-11-13(18)16-15(3,4)5/h6-12H2,1-5H3,(H,16,18). The zero-order chi connectivity index (χ0) is 14.9. The number of hydrogen-bond donors (Lipinski definition) is 1. The maximum atomic E-state index is 11.7. The molecule has 0 atom stereocenters. The summed E-state index contributed by atoms with van der Waals surface area (Å²) in [5.74, 6) is 0.326. The van der Waals surface area contributed by atoms with Crippen LogP contribution in [0, 0.1) is 0 Å². The summed E-state index contributed by atoms with van der Waals surface area (Å²) in [7, 11) is 0. The predicted molar refractivity (Wildman–Crippen MR) is 78.9 cm³/mol. The van der Waals surface area contributed by atoms with Crippen LogP contribution in [0.5, 0.6) is 0 Å². The highest BCUT2D eigenvalue weighted by molar-refractivity contribution is 5.77. The van der Waals surface area contributed by atoms with E-state index in [9.17, 15) is 9.59 Å². The fourth-order valence-corrected chi connectivity index (χ4v) is 1.95. The van der Waals surface area contributed by atoms with E-state index in [-0.39, 0.29) is 17.4 Å². The lowest BCUT2D eigenvalue weighted by Crippen LogP contribution is -2.40. The molecule has 0 aromatic heterocycles. The summed E-state index contributed by atoms with van der Waals surface area (Å²) in [6, 6.07) is 0. The maximum absolute atomic E-state index is 11.7. The minimum absolute atomic E-state index is 0.0996. The molecule has 0 aliphatic rings. The molecule has 0 aromatic carbocycles. The summed E-state index contributed by atoms with van der Waals surface area (Å²) >= 11 is 0. The smallest absolute Gasteiger partial charge is 0.222 e. The van der Waals surface area contributed by atoms with Crippen LogP contribution in [-0.4, -0.2) is 35.3 Å². The van der Waals surface area contributed by atoms with E-state index in [1.165, 1.54) is 0 Å². The lowest BCUT2D eigenvalue weighted by Gasteiger charge is -2.20. The van der Waals surface area contributed by atoms with Gasteiger partial charge in [0.2, 0.25) is 11.8 Å². The van der Waals surface area contributed by atoms with Crippen molar-refractivity contribution in [3.8, 4) is 0 Å². The second kappa shape index (κ2) is 8.94. The van der Waals surface area contributed by atoms with Crippen LogP contribution in [0.1, 0.15) is 66.7 Å². The van der Waals surface area contributed by atoms with Gasteiger partial charge in [-0.1, -0.05) is 6.42 Å². The molecule has 0 aromatic rings. The van der Waals surface area contributed by atoms with Gasteiger partial charge in [-0.05, 0) is 47.5 Å². The van der Waals surface area contributed by atoms with Crippen LogP contribution in [0.2, 0.25) is 0 Å². The molecule has 0 saturated heterocycles. The van der Waals surface area contributed by atoms with Crippen LogP contribution in [0.3, 0.4) is 0 Å². The lowest BCUT2D eigenvalue weighted by atomic mass is 10.1. The topological polar surface area (TPSA) is 49.4 Å². The van der Waals surface area contributed by atoms with Gasteiger partial charge in [-0.2, -0.15) is 0 Å². The molecule has 0 spiro atoms. The highest BCUT2D eigenvalue weighted by Crippen LogP contribution is 2.07. The highest BCUT2D eigenvalue weighted by Gasteiger charge is 2.13. The number of carbonyl (C=O) groups excluding carboxylic acids is 2. The van der Waals surface area contributed by atoms with Gasteiger partial charge >= 0.3 is 0 Å². The highest BCUT2D eigenvalue weighted by atomic mass is 16.2. The molecule has 112 valence electrons. The molecule has 0 aliphatic carbocycles. The Labute approximate surface area is 117 Å². The third kappa shape index (κ3) is 9.51. The quantitative estimate of drug-likeness (QED) is 0.689. The molecule has 0 rings (SSSR count). The minimum Gasteiger partial charge on any atom is -0.352 e. The fraction of sp³-hybridized carbons (Fsp3) is 0.867. The van der Waals surface area contributed by atoms with Gasteiger partial charge in [0.15, 0.2) is 0 Å². The Bertz CT molecular complexity index is 278. The molecule has 0 aliphatic heterocycles. The molecule has 0 radical (unpaired) electrons. The van der Waals surface area contributed by atoms with Crippen molar-refractivity contribution < 1.29 is 9.59 Å². The lowest BCUT2D eigenvalue weighted by molar-refractivity contribution is -0.130. The molecule has 4 nitrogen and oxygen atoms in total. The zero-order valence-electron chi connectivity index (χ0n) is 13.2. The van der Waals surface area contributed by atoms with E-state index in [1.807, 2.05) is 39.5 Å². The number of amides is 2. The van der Waals surface area contributed by atoms with Gasteiger partial charge in [0.1, 0.15) is 0 Å². The van der Waals surface area contributed by atoms with Crippen molar-refractivity contribution in [3.63, 3.8) is 0 Å². The van der Waals surface area contributed by atoms with Crippen molar-refractivity contribution >= 4 is 11.8 Å². The first kappa shape index (κ1) is 17.9. The molecule has 0 unspecified atom stereocenters. The SMILES string of the molecule is CCN(CC)C(=O)CCCCCC(=O)NC(C)(C)C. The molecule has 4 heteroatoms. The van der Waals surface area contributed by atoms with Gasteiger partial charge in [0.05, 0.1) is 0 Å². The molecular formula is C15H30N2O2. The second-order valence-corrected chi connectivity index (χ2v) is 5.92. The Kier molecular flexibility index (Phi) is 8.44. The van der Waals surface area contributed by atoms with Gasteiger partial charge in [-0.3, -0.25) is 9.59 Å². The van der Waals surface area contributed by atoms with E-state index in [2.05, 4.69) is 5.32 Å². The minimum atomic E-state index is -0.157. The first-order valence-electron chi connectivity index (χ1n) is 7.39. The van der Waals surface area contributed by atoms with Crippen LogP contribution in [0.25, 0.3) is 0 Å². The molecule has 2 amide bonds. The molecule has 19 heavy (non-hydrogen) atoms. The number of nitrogens with zero attached hydrogens (tertiary/aromatic N) is 1. The monoisotopic (exact) mass is 270 g/mol. The molecular weight excluding hydrogens is 240 g/mol. The number of hydrogen-bond acceptors (Lipinski definition) is 2. The van der Waals surface area contributed by atoms with Crippen molar-refractivity contribution in [3.05, 3.63) is 0 Å². The first-order chi connectivity index (χ1) is 8.80. The number of nitrogens with one attached hydrogen (secondary N) is 1. The fourth-order valence-electron chi connectivity index (χ4n) is 1.95. The van der Waals surface area contributed by atoms with Crippen molar-refractivity contribution in [1.29, 1.82) is 0 Å². The Hall–Kier alpha value is -1.06. The number of unbranched alkanes of at least 4 members (excludes halogenated alkanes) is 2. The largest absolute Gasteiger partial charge is 0.352 e. The van der Waals surface area contributed by atoms with E-state index in [4.69, 9.17) is 0 Å². The van der Waals surface area contributed by atoms with Crippen LogP contribution in [-0.2, 0) is 9.59 Å². The maximum Gasteiger partial charge on any atom is 0.222 e. The third-order valence-electron chi connectivity index (χ3n) is 2.93. The summed E-state index contributed by atoms with van der Waals surface area (Å²) in [6.07, 6.45) is 3.81. The van der Waals surface area contributed by atoms with Gasteiger partial charge < -0.3 is 10.2 Å². The molecule has 0 bridgehead atoms. The van der Waals surface area contributed by atoms with Crippen molar-refractivity contribution in [2.75, 3.05) is 13.1 Å². The summed E-state index contributed by atoms with van der Waals surface area (Å²) in [5, 5.41) is 2.94. The van der Waals surface area contributed by atoms with Crippen LogP contribution in [0.15, 0.2) is 0 Å². The summed E-state index contributed by atoms with van der Waals surface area (Å²) in [5.41, 5.74) is -0.157.